The highest BCUT2D eigenvalue weighted by Gasteiger charge is 2.13. The lowest BCUT2D eigenvalue weighted by Gasteiger charge is -2.08. The van der Waals surface area contributed by atoms with Gasteiger partial charge in [-0.2, -0.15) is 63.4 Å². The molecule has 1 aliphatic heterocycles. The van der Waals surface area contributed by atoms with Gasteiger partial charge in [0.05, 0.1) is 91.2 Å². The van der Waals surface area contributed by atoms with E-state index in [1.165, 1.54) is 69.0 Å². The summed E-state index contributed by atoms with van der Waals surface area (Å²) in [6, 6.07) is 52.3. The highest BCUT2D eigenvalue weighted by atomic mass is 19.1. The lowest BCUT2D eigenvalue weighted by molar-refractivity contribution is -0.614. The molecule has 0 aliphatic carbocycles. The number of aryl methyl sites for hydroxylation is 1. The van der Waals surface area contributed by atoms with Crippen LogP contribution in [0.15, 0.2) is 199 Å². The zero-order valence-corrected chi connectivity index (χ0v) is 54.6. The molecular weight excluding hydrogens is 1200 g/mol. The second-order valence-electron chi connectivity index (χ2n) is 19.7. The number of nitrogens with two attached hydrogens (primary N) is 9. The van der Waals surface area contributed by atoms with E-state index in [1.54, 1.807) is 57.6 Å². The number of ether oxygens (including phenoxy) is 5. The van der Waals surface area contributed by atoms with Gasteiger partial charge in [-0.1, -0.05) is 61.5 Å². The largest absolute Gasteiger partial charge is 0.497 e. The topological polar surface area (TPSA) is 235 Å². The van der Waals surface area contributed by atoms with E-state index in [4.69, 9.17) is 28.1 Å². The van der Waals surface area contributed by atoms with E-state index < -0.39 is 11.6 Å². The van der Waals surface area contributed by atoms with E-state index in [2.05, 4.69) is 105 Å². The molecule has 17 nitrogen and oxygen atoms in total. The fourth-order valence-corrected chi connectivity index (χ4v) is 7.85. The average Bonchev–Trinajstić information content (AvgIpc) is 1.82. The molecular formula is C74H104F3N11O6. The monoisotopic (exact) mass is 1300 g/mol. The highest BCUT2D eigenvalue weighted by Crippen LogP contribution is 2.32. The molecule has 20 heteroatoms. The molecule has 18 N–H and O–H groups in total. The number of pyridine rings is 2. The maximum absolute atomic E-state index is 12.7. The van der Waals surface area contributed by atoms with E-state index in [0.29, 0.717) is 6.79 Å². The lowest BCUT2D eigenvalue weighted by Crippen LogP contribution is -2.75. The fourth-order valence-electron chi connectivity index (χ4n) is 7.85. The number of hydrogen-bond donors (Lipinski definition) is 9. The minimum atomic E-state index is -0.509. The predicted molar refractivity (Wildman–Crippen MR) is 362 cm³/mol. The van der Waals surface area contributed by atoms with Crippen LogP contribution in [0.2, 0.25) is 0 Å². The molecule has 0 atom stereocenters. The maximum atomic E-state index is 12.7. The van der Waals surface area contributed by atoms with Crippen LogP contribution in [0, 0.1) is 87.8 Å². The van der Waals surface area contributed by atoms with Gasteiger partial charge in [0, 0.05) is 52.0 Å². The first-order valence-electron chi connectivity index (χ1n) is 30.0. The Labute approximate surface area is 558 Å². The number of hydrogen-bond acceptors (Lipinski definition) is 8. The van der Waals surface area contributed by atoms with E-state index >= 15 is 0 Å². The summed E-state index contributed by atoms with van der Waals surface area (Å²) < 4.78 is 68.7. The molecule has 0 saturated carbocycles. The summed E-state index contributed by atoms with van der Waals surface area (Å²) in [7, 11) is 37.4. The number of quaternary nitrogens is 9. The summed E-state index contributed by atoms with van der Waals surface area (Å²) in [6.45, 7) is 9.64. The summed E-state index contributed by atoms with van der Waals surface area (Å²) in [5, 5.41) is 16.3. The molecule has 1 aliphatic rings. The molecule has 0 amide bonds. The first-order chi connectivity index (χ1) is 45.3. The summed E-state index contributed by atoms with van der Waals surface area (Å²) in [5.41, 5.74) is 9.68. The normalized spacial score (nSPS) is 10.1. The third kappa shape index (κ3) is 37.1. The van der Waals surface area contributed by atoms with Gasteiger partial charge in [-0.15, -0.1) is 0 Å². The van der Waals surface area contributed by atoms with Gasteiger partial charge >= 0.3 is 0 Å². The van der Waals surface area contributed by atoms with Gasteiger partial charge in [-0.3, -0.25) is 9.97 Å². The van der Waals surface area contributed by atoms with Crippen molar-refractivity contribution in [2.24, 2.45) is 0 Å². The van der Waals surface area contributed by atoms with E-state index in [0.717, 1.165) is 98.1 Å². The van der Waals surface area contributed by atoms with Crippen LogP contribution in [0.1, 0.15) is 63.4 Å². The van der Waals surface area contributed by atoms with Gasteiger partial charge in [-0.05, 0) is 128 Å². The van der Waals surface area contributed by atoms with Crippen LogP contribution < -0.4 is 71.5 Å². The molecule has 0 radical (unpaired) electrons. The lowest BCUT2D eigenvalue weighted by atomic mass is 10.1. The molecule has 0 fully saturated rings. The SMILES string of the molecule is C.[CH2-][NH2+]Cc1c(F)cccc1F.[CH2-][NH2+]Cc1ccc(C)cc1.[CH2-][NH2+]Cc1ccc(OC)c(OC)c1.[CH2-][NH2+]Cc1ccc(OC)cc1.[CH2-][NH2+]Cc1ccc2c(c1)OCO2.[CH2-][NH2+]Cc1cccc(F)c1.[CH2-][NH2+]Cc1ccccn1.[CH2-][NH2+]Cc1ccco1.[CH2-][NH2+]Cc1ccncc1. The Kier molecular flexibility index (Phi) is 47.7. The number of rotatable bonds is 21. The van der Waals surface area contributed by atoms with Gasteiger partial charge in [0.25, 0.3) is 0 Å². The first kappa shape index (κ1) is 83.3. The number of methoxy groups -OCH3 is 3. The Morgan fingerprint density at radius 3 is 1.40 bits per heavy atom. The Bertz CT molecular complexity index is 3190. The predicted octanol–water partition coefficient (Wildman–Crippen LogP) is 4.37. The Morgan fingerprint density at radius 1 is 0.415 bits per heavy atom. The zero-order chi connectivity index (χ0) is 68.1. The van der Waals surface area contributed by atoms with Crippen LogP contribution >= 0.6 is 0 Å². The van der Waals surface area contributed by atoms with Crippen molar-refractivity contribution in [2.75, 3.05) is 28.1 Å². The minimum Gasteiger partial charge on any atom is -0.497 e. The van der Waals surface area contributed by atoms with E-state index in [1.807, 2.05) is 146 Å². The smallest absolute Gasteiger partial charge is 0.231 e. The number of fused-ring (bicyclic) bond motifs is 1. The standard InChI is InChI=1S/C10H15NO2.C9H11NO2.C9H13NO.C9H13N.C8H9F2N.C8H10FN.2C7H10N2.C6H9NO.CH4/c1-11-7-8-4-5-9(12-2)10(6-8)13-3;1-10-5-7-2-3-8-9(4-7)12-6-11-8;1-10-7-8-3-5-9(11-2)6-4-8;1-8-3-5-9(6-4-8)7-10-2;1-11-5-6-7(9)3-2-4-8(6)10;1-10-6-7-3-2-4-8(9)5-7;1-8-6-7-2-4-9-5-3-7;1-8-6-7-4-2-3-5-9-7;1-7-5-6-3-2-4-8-6;/h4-6H,1,7,11H2,2-3H3;2-4H,1,5-6,10H2;3-6H,1,7,10H2,2H3;3-6H,2,7,10H2,1H3;2-4H,1,5,11H2;2-5H,1,6,10H2;2*2-5H,1,6,8H2;2-4H,1,5,7H2;1H4. The van der Waals surface area contributed by atoms with Crippen molar-refractivity contribution in [3.05, 3.63) is 332 Å². The molecule has 4 heterocycles. The van der Waals surface area contributed by atoms with Gasteiger partial charge < -0.3 is 76.0 Å². The number of furan rings is 1. The van der Waals surface area contributed by atoms with Crippen molar-refractivity contribution < 1.29 is 89.1 Å². The quantitative estimate of drug-likeness (QED) is 0.0468. The molecule has 6 aromatic carbocycles. The molecule has 10 rings (SSSR count). The third-order valence-corrected chi connectivity index (χ3v) is 12.5. The van der Waals surface area contributed by atoms with Crippen LogP contribution in [-0.2, 0) is 58.9 Å². The van der Waals surface area contributed by atoms with Gasteiger partial charge in [-0.25, -0.2) is 13.2 Å². The van der Waals surface area contributed by atoms with Gasteiger partial charge in [0.1, 0.15) is 29.7 Å². The number of benzene rings is 6. The number of aromatic nitrogens is 2. The molecule has 9 aromatic rings. The van der Waals surface area contributed by atoms with Crippen LogP contribution in [0.25, 0.3) is 0 Å². The molecule has 512 valence electrons. The summed E-state index contributed by atoms with van der Waals surface area (Å²) >= 11 is 0. The molecule has 0 bridgehead atoms. The van der Waals surface area contributed by atoms with Gasteiger partial charge in [0.2, 0.25) is 6.79 Å². The van der Waals surface area contributed by atoms with Crippen molar-refractivity contribution in [3.63, 3.8) is 0 Å². The van der Waals surface area contributed by atoms with E-state index in [-0.39, 0.29) is 25.4 Å². The second kappa shape index (κ2) is 53.8. The Hall–Kier alpha value is -8.67. The number of halogens is 3. The molecule has 0 saturated heterocycles. The molecule has 3 aromatic heterocycles. The molecule has 0 unspecified atom stereocenters. The van der Waals surface area contributed by atoms with Crippen molar-refractivity contribution in [1.82, 2.24) is 9.97 Å². The van der Waals surface area contributed by atoms with Crippen molar-refractivity contribution in [1.29, 1.82) is 0 Å². The van der Waals surface area contributed by atoms with Crippen LogP contribution in [0.4, 0.5) is 13.2 Å². The van der Waals surface area contributed by atoms with Crippen LogP contribution in [0.3, 0.4) is 0 Å². The zero-order valence-electron chi connectivity index (χ0n) is 54.6. The van der Waals surface area contributed by atoms with Gasteiger partial charge in [0.15, 0.2) is 28.8 Å². The van der Waals surface area contributed by atoms with Crippen molar-refractivity contribution in [2.45, 2.75) is 73.3 Å². The average molecular weight is 1300 g/mol. The summed E-state index contributed by atoms with van der Waals surface area (Å²) in [5.74, 6) is 3.88. The first-order valence-corrected chi connectivity index (χ1v) is 30.0. The van der Waals surface area contributed by atoms with Crippen LogP contribution in [-0.4, -0.2) is 38.1 Å². The van der Waals surface area contributed by atoms with Crippen LogP contribution in [0.5, 0.6) is 28.7 Å². The molecule has 0 spiro atoms. The van der Waals surface area contributed by atoms with E-state index in [9.17, 15) is 13.2 Å². The minimum absolute atomic E-state index is 0. The Morgan fingerprint density at radius 2 is 0.904 bits per heavy atom. The highest BCUT2D eigenvalue weighted by molar-refractivity contribution is 5.44. The third-order valence-electron chi connectivity index (χ3n) is 12.5. The molecule has 94 heavy (non-hydrogen) atoms. The summed E-state index contributed by atoms with van der Waals surface area (Å²) in [4.78, 5) is 7.99. The van der Waals surface area contributed by atoms with Crippen molar-refractivity contribution >= 4 is 0 Å². The summed E-state index contributed by atoms with van der Waals surface area (Å²) in [6.07, 6.45) is 7.04. The fraction of sp³-hybridized carbons (Fsp3) is 0.203. The number of nitrogens with zero attached hydrogens (tertiary/aromatic N) is 2. The maximum Gasteiger partial charge on any atom is 0.231 e. The second-order valence-corrected chi connectivity index (χ2v) is 19.7. The van der Waals surface area contributed by atoms with Crippen molar-refractivity contribution in [3.8, 4) is 28.7 Å². The Balaban J connectivity index is 0.000000530.